The molecule has 1 heterocycles. The largest absolute Gasteiger partial charge is 0.497 e. The van der Waals surface area contributed by atoms with Gasteiger partial charge in [0.2, 0.25) is 11.7 Å². The zero-order valence-electron chi connectivity index (χ0n) is 14.9. The molecule has 6 nitrogen and oxygen atoms in total. The van der Waals surface area contributed by atoms with Crippen LogP contribution >= 0.6 is 12.2 Å². The molecule has 0 aliphatic rings. The number of rotatable bonds is 5. The van der Waals surface area contributed by atoms with Crippen molar-refractivity contribution in [3.63, 3.8) is 0 Å². The van der Waals surface area contributed by atoms with Crippen molar-refractivity contribution in [3.05, 3.63) is 60.0 Å². The Labute approximate surface area is 157 Å². The Hall–Kier alpha value is -2.93. The fourth-order valence-electron chi connectivity index (χ4n) is 2.37. The number of ether oxygens (including phenoxy) is 1. The first-order valence-electron chi connectivity index (χ1n) is 8.11. The molecule has 0 atom stereocenters. The highest BCUT2D eigenvalue weighted by molar-refractivity contribution is 7.80. The minimum absolute atomic E-state index is 0.418. The summed E-state index contributed by atoms with van der Waals surface area (Å²) in [5, 5.41) is 7.86. The second kappa shape index (κ2) is 7.97. The maximum absolute atomic E-state index is 5.46. The van der Waals surface area contributed by atoms with Gasteiger partial charge in [0.05, 0.1) is 13.7 Å². The maximum Gasteiger partial charge on any atom is 0.246 e. The molecule has 0 radical (unpaired) electrons. The van der Waals surface area contributed by atoms with Crippen LogP contribution in [-0.2, 0) is 6.54 Å². The van der Waals surface area contributed by atoms with Crippen LogP contribution in [0.15, 0.2) is 53.1 Å². The fourth-order valence-corrected chi connectivity index (χ4v) is 2.55. The molecule has 0 saturated carbocycles. The summed E-state index contributed by atoms with van der Waals surface area (Å²) < 4.78 is 10.5. The lowest BCUT2D eigenvalue weighted by molar-refractivity contribution is 0.336. The number of nitrogens with zero attached hydrogens (tertiary/aromatic N) is 3. The quantitative estimate of drug-likeness (QED) is 0.686. The Morgan fingerprint density at radius 2 is 1.92 bits per heavy atom. The molecule has 7 heteroatoms. The Morgan fingerprint density at radius 1 is 1.19 bits per heavy atom. The van der Waals surface area contributed by atoms with E-state index in [0.29, 0.717) is 23.4 Å². The summed E-state index contributed by atoms with van der Waals surface area (Å²) in [5.74, 6) is 1.81. The van der Waals surface area contributed by atoms with E-state index in [1.807, 2.05) is 67.4 Å². The standard InChI is InChI=1S/C19H20N4O2S/c1-13-6-4-5-7-16(13)20-19(26)23(2)12-17-21-18(22-25-17)14-8-10-15(24-3)11-9-14/h4-11H,12H2,1-3H3,(H,20,26). The van der Waals surface area contributed by atoms with Gasteiger partial charge in [-0.15, -0.1) is 0 Å². The van der Waals surface area contributed by atoms with Crippen LogP contribution in [0.5, 0.6) is 5.75 Å². The third-order valence-electron chi connectivity index (χ3n) is 3.92. The summed E-state index contributed by atoms with van der Waals surface area (Å²) in [6, 6.07) is 15.5. The van der Waals surface area contributed by atoms with Gasteiger partial charge in [0, 0.05) is 18.3 Å². The number of thiocarbonyl (C=S) groups is 1. The van der Waals surface area contributed by atoms with Crippen molar-refractivity contribution in [2.45, 2.75) is 13.5 Å². The average Bonchev–Trinajstić information content (AvgIpc) is 3.12. The summed E-state index contributed by atoms with van der Waals surface area (Å²) in [5.41, 5.74) is 2.97. The minimum Gasteiger partial charge on any atom is -0.497 e. The molecule has 1 aromatic heterocycles. The van der Waals surface area contributed by atoms with Crippen LogP contribution in [0.3, 0.4) is 0 Å². The van der Waals surface area contributed by atoms with Gasteiger partial charge in [0.25, 0.3) is 0 Å². The molecule has 2 aromatic carbocycles. The average molecular weight is 368 g/mol. The highest BCUT2D eigenvalue weighted by Crippen LogP contribution is 2.20. The van der Waals surface area contributed by atoms with Gasteiger partial charge in [-0.3, -0.25) is 0 Å². The van der Waals surface area contributed by atoms with Gasteiger partial charge >= 0.3 is 0 Å². The molecule has 0 aliphatic carbocycles. The number of anilines is 1. The van der Waals surface area contributed by atoms with Gasteiger partial charge < -0.3 is 19.5 Å². The normalized spacial score (nSPS) is 10.4. The minimum atomic E-state index is 0.418. The molecule has 0 saturated heterocycles. The first-order chi connectivity index (χ1) is 12.6. The molecular weight excluding hydrogens is 348 g/mol. The van der Waals surface area contributed by atoms with Crippen LogP contribution in [-0.4, -0.2) is 34.3 Å². The van der Waals surface area contributed by atoms with Gasteiger partial charge in [-0.25, -0.2) is 0 Å². The zero-order chi connectivity index (χ0) is 18.5. The predicted molar refractivity (Wildman–Crippen MR) is 105 cm³/mol. The molecule has 0 bridgehead atoms. The third-order valence-corrected chi connectivity index (χ3v) is 4.34. The van der Waals surface area contributed by atoms with Crippen LogP contribution < -0.4 is 10.1 Å². The van der Waals surface area contributed by atoms with Crippen molar-refractivity contribution >= 4 is 23.0 Å². The van der Waals surface area contributed by atoms with E-state index in [1.54, 1.807) is 7.11 Å². The molecule has 26 heavy (non-hydrogen) atoms. The number of aromatic nitrogens is 2. The molecule has 1 N–H and O–H groups in total. The van der Waals surface area contributed by atoms with Crippen LogP contribution in [0.1, 0.15) is 11.5 Å². The molecule has 0 unspecified atom stereocenters. The number of benzene rings is 2. The number of aryl methyl sites for hydroxylation is 1. The van der Waals surface area contributed by atoms with Gasteiger partial charge in [0.1, 0.15) is 5.75 Å². The van der Waals surface area contributed by atoms with Crippen LogP contribution in [0, 0.1) is 6.92 Å². The van der Waals surface area contributed by atoms with E-state index in [1.165, 1.54) is 0 Å². The SMILES string of the molecule is COc1ccc(-c2noc(CN(C)C(=S)Nc3ccccc3C)n2)cc1. The van der Waals surface area contributed by atoms with Crippen molar-refractivity contribution < 1.29 is 9.26 Å². The van der Waals surface area contributed by atoms with E-state index in [2.05, 4.69) is 15.5 Å². The zero-order valence-corrected chi connectivity index (χ0v) is 15.7. The predicted octanol–water partition coefficient (Wildman–Crippen LogP) is 3.88. The lowest BCUT2D eigenvalue weighted by Crippen LogP contribution is -2.30. The summed E-state index contributed by atoms with van der Waals surface area (Å²) in [6.07, 6.45) is 0. The van der Waals surface area contributed by atoms with E-state index in [9.17, 15) is 0 Å². The fraction of sp³-hybridized carbons (Fsp3) is 0.211. The Balaban J connectivity index is 1.64. The van der Waals surface area contributed by atoms with Gasteiger partial charge in [-0.2, -0.15) is 4.98 Å². The summed E-state index contributed by atoms with van der Waals surface area (Å²) in [4.78, 5) is 6.29. The van der Waals surface area contributed by atoms with Crippen LogP contribution in [0.4, 0.5) is 5.69 Å². The van der Waals surface area contributed by atoms with Crippen LogP contribution in [0.25, 0.3) is 11.4 Å². The van der Waals surface area contributed by atoms with Gasteiger partial charge in [0.15, 0.2) is 5.11 Å². The molecule has 0 aliphatic heterocycles. The maximum atomic E-state index is 5.46. The van der Waals surface area contributed by atoms with E-state index in [-0.39, 0.29) is 0 Å². The first kappa shape index (κ1) is 17.9. The second-order valence-corrected chi connectivity index (χ2v) is 6.23. The monoisotopic (exact) mass is 368 g/mol. The van der Waals surface area contributed by atoms with E-state index < -0.39 is 0 Å². The molecule has 3 rings (SSSR count). The summed E-state index contributed by atoms with van der Waals surface area (Å²) >= 11 is 5.46. The molecule has 0 amide bonds. The lowest BCUT2D eigenvalue weighted by atomic mass is 10.2. The van der Waals surface area contributed by atoms with Crippen molar-refractivity contribution in [3.8, 4) is 17.1 Å². The Kier molecular flexibility index (Phi) is 5.48. The van der Waals surface area contributed by atoms with Crippen molar-refractivity contribution in [2.75, 3.05) is 19.5 Å². The molecule has 134 valence electrons. The van der Waals surface area contributed by atoms with Gasteiger partial charge in [-0.1, -0.05) is 23.4 Å². The highest BCUT2D eigenvalue weighted by Gasteiger charge is 2.13. The molecular formula is C19H20N4O2S. The molecule has 3 aromatic rings. The van der Waals surface area contributed by atoms with E-state index >= 15 is 0 Å². The summed E-state index contributed by atoms with van der Waals surface area (Å²) in [7, 11) is 3.51. The first-order valence-corrected chi connectivity index (χ1v) is 8.52. The number of hydrogen-bond donors (Lipinski definition) is 1. The number of hydrogen-bond acceptors (Lipinski definition) is 5. The topological polar surface area (TPSA) is 63.4 Å². The Morgan fingerprint density at radius 3 is 2.62 bits per heavy atom. The third kappa shape index (κ3) is 4.18. The molecule has 0 fully saturated rings. The molecule has 0 spiro atoms. The Bertz CT molecular complexity index is 893. The van der Waals surface area contributed by atoms with E-state index in [4.69, 9.17) is 21.5 Å². The van der Waals surface area contributed by atoms with Crippen LogP contribution in [0.2, 0.25) is 0 Å². The lowest BCUT2D eigenvalue weighted by Gasteiger charge is -2.20. The van der Waals surface area contributed by atoms with Crippen molar-refractivity contribution in [1.82, 2.24) is 15.0 Å². The second-order valence-electron chi connectivity index (χ2n) is 5.84. The van der Waals surface area contributed by atoms with Gasteiger partial charge in [-0.05, 0) is 55.0 Å². The smallest absolute Gasteiger partial charge is 0.246 e. The highest BCUT2D eigenvalue weighted by atomic mass is 32.1. The van der Waals surface area contributed by atoms with Crippen molar-refractivity contribution in [2.24, 2.45) is 0 Å². The summed E-state index contributed by atoms with van der Waals surface area (Å²) in [6.45, 7) is 2.45. The number of para-hydroxylation sites is 1. The van der Waals surface area contributed by atoms with Crippen molar-refractivity contribution in [1.29, 1.82) is 0 Å². The number of nitrogens with one attached hydrogen (secondary N) is 1. The number of methoxy groups -OCH3 is 1. The van der Waals surface area contributed by atoms with E-state index in [0.717, 1.165) is 22.6 Å².